The van der Waals surface area contributed by atoms with Gasteiger partial charge in [-0.3, -0.25) is 0 Å². The number of anilines is 1. The molecule has 0 radical (unpaired) electrons. The first kappa shape index (κ1) is 12.9. The van der Waals surface area contributed by atoms with Gasteiger partial charge in [0.15, 0.2) is 9.84 Å². The zero-order valence-corrected chi connectivity index (χ0v) is 10.7. The van der Waals surface area contributed by atoms with Gasteiger partial charge in [0, 0.05) is 18.8 Å². The summed E-state index contributed by atoms with van der Waals surface area (Å²) < 4.78 is 23.0. The second-order valence-corrected chi connectivity index (χ2v) is 6.65. The minimum Gasteiger partial charge on any atom is -0.478 e. The van der Waals surface area contributed by atoms with Gasteiger partial charge in [0.05, 0.1) is 17.1 Å². The summed E-state index contributed by atoms with van der Waals surface area (Å²) in [5.41, 5.74) is 0.992. The zero-order chi connectivity index (χ0) is 13.2. The minimum atomic E-state index is -2.94. The molecule has 18 heavy (non-hydrogen) atoms. The molecule has 1 aliphatic rings. The van der Waals surface area contributed by atoms with Crippen LogP contribution in [-0.2, 0) is 9.84 Å². The molecule has 98 valence electrons. The number of carboxylic acid groups (broad SMARTS) is 1. The second kappa shape index (κ2) is 4.97. The Bertz CT molecular complexity index is 553. The van der Waals surface area contributed by atoms with Crippen LogP contribution >= 0.6 is 0 Å². The van der Waals surface area contributed by atoms with Crippen LogP contribution in [0.5, 0.6) is 0 Å². The highest BCUT2D eigenvalue weighted by atomic mass is 32.2. The highest BCUT2D eigenvalue weighted by Gasteiger charge is 2.19. The standard InChI is InChI=1S/C12H15NO4S/c14-12(15)10-3-1-4-11(9-10)13-5-2-7-18(16,17)8-6-13/h1,3-4,9H,2,5-8H2,(H,14,15). The van der Waals surface area contributed by atoms with Crippen molar-refractivity contribution >= 4 is 21.5 Å². The number of rotatable bonds is 2. The van der Waals surface area contributed by atoms with E-state index in [-0.39, 0.29) is 17.1 Å². The number of nitrogens with zero attached hydrogens (tertiary/aromatic N) is 1. The van der Waals surface area contributed by atoms with E-state index in [1.165, 1.54) is 6.07 Å². The molecule has 1 heterocycles. The van der Waals surface area contributed by atoms with Gasteiger partial charge < -0.3 is 10.0 Å². The maximum Gasteiger partial charge on any atom is 0.335 e. The van der Waals surface area contributed by atoms with Crippen molar-refractivity contribution in [1.82, 2.24) is 0 Å². The summed E-state index contributed by atoms with van der Waals surface area (Å²) >= 11 is 0. The van der Waals surface area contributed by atoms with Gasteiger partial charge in [-0.2, -0.15) is 0 Å². The zero-order valence-electron chi connectivity index (χ0n) is 9.87. The molecular weight excluding hydrogens is 254 g/mol. The Morgan fingerprint density at radius 3 is 2.72 bits per heavy atom. The van der Waals surface area contributed by atoms with Crippen LogP contribution in [0.4, 0.5) is 5.69 Å². The first-order valence-electron chi connectivity index (χ1n) is 5.77. The summed E-state index contributed by atoms with van der Waals surface area (Å²) in [6, 6.07) is 6.60. The molecule has 5 nitrogen and oxygen atoms in total. The Kier molecular flexibility index (Phi) is 3.56. The summed E-state index contributed by atoms with van der Waals surface area (Å²) in [4.78, 5) is 12.8. The first-order chi connectivity index (χ1) is 8.48. The van der Waals surface area contributed by atoms with Crippen molar-refractivity contribution in [1.29, 1.82) is 0 Å². The first-order valence-corrected chi connectivity index (χ1v) is 7.59. The molecule has 0 amide bonds. The molecule has 0 unspecified atom stereocenters. The lowest BCUT2D eigenvalue weighted by molar-refractivity contribution is 0.0697. The van der Waals surface area contributed by atoms with Crippen LogP contribution in [0.3, 0.4) is 0 Å². The molecule has 1 aliphatic heterocycles. The molecule has 0 bridgehead atoms. The summed E-state index contributed by atoms with van der Waals surface area (Å²) in [6.07, 6.45) is 0.583. The van der Waals surface area contributed by atoms with Gasteiger partial charge in [-0.05, 0) is 24.6 Å². The largest absolute Gasteiger partial charge is 0.478 e. The van der Waals surface area contributed by atoms with E-state index in [9.17, 15) is 13.2 Å². The van der Waals surface area contributed by atoms with Crippen molar-refractivity contribution in [3.8, 4) is 0 Å². The molecule has 0 aliphatic carbocycles. The summed E-state index contributed by atoms with van der Waals surface area (Å²) in [5.74, 6) is -0.633. The third-order valence-corrected chi connectivity index (χ3v) is 4.73. The van der Waals surface area contributed by atoms with Gasteiger partial charge in [0.1, 0.15) is 0 Å². The number of aromatic carboxylic acids is 1. The van der Waals surface area contributed by atoms with Gasteiger partial charge in [-0.15, -0.1) is 0 Å². The van der Waals surface area contributed by atoms with Crippen molar-refractivity contribution in [3.63, 3.8) is 0 Å². The second-order valence-electron chi connectivity index (χ2n) is 4.35. The van der Waals surface area contributed by atoms with Gasteiger partial charge >= 0.3 is 5.97 Å². The Hall–Kier alpha value is -1.56. The summed E-state index contributed by atoms with van der Waals surface area (Å²) in [7, 11) is -2.94. The number of carboxylic acids is 1. The molecule has 2 rings (SSSR count). The highest BCUT2D eigenvalue weighted by molar-refractivity contribution is 7.91. The van der Waals surface area contributed by atoms with Crippen molar-refractivity contribution in [2.45, 2.75) is 6.42 Å². The average Bonchev–Trinajstić information content (AvgIpc) is 2.50. The van der Waals surface area contributed by atoms with Crippen LogP contribution in [0.1, 0.15) is 16.8 Å². The predicted molar refractivity (Wildman–Crippen MR) is 68.9 cm³/mol. The van der Waals surface area contributed by atoms with Crippen molar-refractivity contribution in [2.75, 3.05) is 29.5 Å². The fourth-order valence-electron chi connectivity index (χ4n) is 2.03. The Morgan fingerprint density at radius 2 is 2.00 bits per heavy atom. The van der Waals surface area contributed by atoms with Gasteiger partial charge in [0.25, 0.3) is 0 Å². The lowest BCUT2D eigenvalue weighted by atomic mass is 10.2. The maximum atomic E-state index is 11.5. The topological polar surface area (TPSA) is 74.7 Å². The van der Waals surface area contributed by atoms with E-state index < -0.39 is 15.8 Å². The molecule has 1 N–H and O–H groups in total. The van der Waals surface area contributed by atoms with Crippen molar-refractivity contribution < 1.29 is 18.3 Å². The van der Waals surface area contributed by atoms with E-state index in [4.69, 9.17) is 5.11 Å². The van der Waals surface area contributed by atoms with Gasteiger partial charge in [-0.25, -0.2) is 13.2 Å². The van der Waals surface area contributed by atoms with Crippen LogP contribution in [-0.4, -0.2) is 44.1 Å². The van der Waals surface area contributed by atoms with E-state index in [0.29, 0.717) is 19.5 Å². The smallest absolute Gasteiger partial charge is 0.335 e. The van der Waals surface area contributed by atoms with E-state index >= 15 is 0 Å². The van der Waals surface area contributed by atoms with E-state index in [0.717, 1.165) is 5.69 Å². The minimum absolute atomic E-state index is 0.129. The molecule has 0 aromatic heterocycles. The average molecular weight is 269 g/mol. The fourth-order valence-corrected chi connectivity index (χ4v) is 3.30. The molecular formula is C12H15NO4S. The Labute approximate surface area is 106 Å². The van der Waals surface area contributed by atoms with Crippen LogP contribution in [0.2, 0.25) is 0 Å². The molecule has 1 aromatic carbocycles. The number of hydrogen-bond acceptors (Lipinski definition) is 4. The quantitative estimate of drug-likeness (QED) is 0.867. The third-order valence-electron chi connectivity index (χ3n) is 3.01. The van der Waals surface area contributed by atoms with Gasteiger partial charge in [-0.1, -0.05) is 6.07 Å². The molecule has 0 saturated carbocycles. The molecule has 6 heteroatoms. The molecule has 0 spiro atoms. The Balaban J connectivity index is 2.21. The molecule has 0 atom stereocenters. The monoisotopic (exact) mass is 269 g/mol. The SMILES string of the molecule is O=C(O)c1cccc(N2CCCS(=O)(=O)CC2)c1. The van der Waals surface area contributed by atoms with Crippen LogP contribution in [0.15, 0.2) is 24.3 Å². The van der Waals surface area contributed by atoms with Crippen LogP contribution in [0, 0.1) is 0 Å². The predicted octanol–water partition coefficient (Wildman–Crippen LogP) is 1.01. The van der Waals surface area contributed by atoms with Crippen LogP contribution < -0.4 is 4.90 Å². The van der Waals surface area contributed by atoms with Crippen molar-refractivity contribution in [3.05, 3.63) is 29.8 Å². The molecule has 1 fully saturated rings. The van der Waals surface area contributed by atoms with E-state index in [2.05, 4.69) is 0 Å². The highest BCUT2D eigenvalue weighted by Crippen LogP contribution is 2.18. The normalized spacial score (nSPS) is 19.2. The fraction of sp³-hybridized carbons (Fsp3) is 0.417. The number of benzene rings is 1. The van der Waals surface area contributed by atoms with Crippen molar-refractivity contribution in [2.24, 2.45) is 0 Å². The molecule has 1 aromatic rings. The molecule has 1 saturated heterocycles. The number of hydrogen-bond donors (Lipinski definition) is 1. The Morgan fingerprint density at radius 1 is 1.22 bits per heavy atom. The van der Waals surface area contributed by atoms with Crippen LogP contribution in [0.25, 0.3) is 0 Å². The lowest BCUT2D eigenvalue weighted by Gasteiger charge is -2.22. The summed E-state index contributed by atoms with van der Waals surface area (Å²) in [6.45, 7) is 1.06. The summed E-state index contributed by atoms with van der Waals surface area (Å²) in [5, 5.41) is 8.93. The maximum absolute atomic E-state index is 11.5. The third kappa shape index (κ3) is 3.01. The number of sulfone groups is 1. The number of carbonyl (C=O) groups is 1. The van der Waals surface area contributed by atoms with Gasteiger partial charge in [0.2, 0.25) is 0 Å². The van der Waals surface area contributed by atoms with E-state index in [1.54, 1.807) is 12.1 Å². The van der Waals surface area contributed by atoms with E-state index in [1.807, 2.05) is 11.0 Å². The lowest BCUT2D eigenvalue weighted by Crippen LogP contribution is -2.26.